The molecular weight excluding hydrogens is 198 g/mol. The fourth-order valence-electron chi connectivity index (χ4n) is 1.86. The molecule has 3 nitrogen and oxygen atoms in total. The topological polar surface area (TPSA) is 48.7 Å². The van der Waals surface area contributed by atoms with Crippen molar-refractivity contribution in [3.05, 3.63) is 23.9 Å². The van der Waals surface area contributed by atoms with Crippen molar-refractivity contribution >= 4 is 5.82 Å². The number of rotatable bonds is 5. The molecule has 1 heterocycles. The maximum Gasteiger partial charge on any atom is 0.144 e. The zero-order valence-electron chi connectivity index (χ0n) is 10.2. The Bertz CT molecular complexity index is 367. The Morgan fingerprint density at radius 1 is 1.31 bits per heavy atom. The van der Waals surface area contributed by atoms with Crippen LogP contribution >= 0.6 is 0 Å². The van der Waals surface area contributed by atoms with E-state index in [1.807, 2.05) is 0 Å². The predicted octanol–water partition coefficient (Wildman–Crippen LogP) is 3.33. The number of nitriles is 1. The minimum Gasteiger partial charge on any atom is -0.364 e. The lowest BCUT2D eigenvalue weighted by atomic mass is 9.89. The largest absolute Gasteiger partial charge is 0.364 e. The molecule has 86 valence electrons. The first-order valence-corrected chi connectivity index (χ1v) is 5.84. The Morgan fingerprint density at radius 2 is 1.94 bits per heavy atom. The Balaban J connectivity index is 2.99. The van der Waals surface area contributed by atoms with Crippen molar-refractivity contribution in [3.8, 4) is 6.07 Å². The lowest BCUT2D eigenvalue weighted by Gasteiger charge is -2.32. The molecule has 0 aliphatic carbocycles. The predicted molar refractivity (Wildman–Crippen MR) is 66.2 cm³/mol. The van der Waals surface area contributed by atoms with E-state index in [2.05, 4.69) is 37.1 Å². The molecule has 0 unspecified atom stereocenters. The third-order valence-corrected chi connectivity index (χ3v) is 3.34. The lowest BCUT2D eigenvalue weighted by molar-refractivity contribution is 0.419. The van der Waals surface area contributed by atoms with Gasteiger partial charge in [0.25, 0.3) is 0 Å². The molecule has 0 bridgehead atoms. The fourth-order valence-corrected chi connectivity index (χ4v) is 1.86. The van der Waals surface area contributed by atoms with E-state index >= 15 is 0 Å². The van der Waals surface area contributed by atoms with E-state index < -0.39 is 0 Å². The number of hydrogen-bond acceptors (Lipinski definition) is 3. The van der Waals surface area contributed by atoms with Gasteiger partial charge >= 0.3 is 0 Å². The maximum absolute atomic E-state index is 9.00. The van der Waals surface area contributed by atoms with Gasteiger partial charge in [0.15, 0.2) is 0 Å². The van der Waals surface area contributed by atoms with E-state index in [9.17, 15) is 0 Å². The number of aromatic nitrogens is 1. The van der Waals surface area contributed by atoms with Gasteiger partial charge in [-0.2, -0.15) is 5.26 Å². The first-order valence-electron chi connectivity index (χ1n) is 5.84. The molecule has 1 aromatic rings. The van der Waals surface area contributed by atoms with Crippen LogP contribution in [0, 0.1) is 11.3 Å². The van der Waals surface area contributed by atoms with Crippen LogP contribution in [-0.4, -0.2) is 10.5 Å². The zero-order chi connectivity index (χ0) is 12.0. The van der Waals surface area contributed by atoms with Gasteiger partial charge in [-0.1, -0.05) is 20.8 Å². The van der Waals surface area contributed by atoms with Crippen molar-refractivity contribution in [2.24, 2.45) is 0 Å². The Labute approximate surface area is 97.5 Å². The Morgan fingerprint density at radius 3 is 2.44 bits per heavy atom. The smallest absolute Gasteiger partial charge is 0.144 e. The normalized spacial score (nSPS) is 10.9. The molecule has 0 radical (unpaired) electrons. The highest BCUT2D eigenvalue weighted by Crippen LogP contribution is 2.25. The van der Waals surface area contributed by atoms with E-state index in [0.717, 1.165) is 19.3 Å². The average Bonchev–Trinajstić information content (AvgIpc) is 2.36. The molecule has 0 aromatic carbocycles. The van der Waals surface area contributed by atoms with Crippen LogP contribution in [0.25, 0.3) is 0 Å². The number of hydrogen-bond donors (Lipinski definition) is 1. The van der Waals surface area contributed by atoms with Crippen molar-refractivity contribution in [2.45, 2.75) is 45.6 Å². The third kappa shape index (κ3) is 2.52. The number of anilines is 1. The van der Waals surface area contributed by atoms with Gasteiger partial charge in [0.05, 0.1) is 5.56 Å². The standard InChI is InChI=1S/C13H19N3/c1-4-13(5-2,6-3)16-12-11(10-14)8-7-9-15-12/h7-9H,4-6H2,1-3H3,(H,15,16). The van der Waals surface area contributed by atoms with Crippen molar-refractivity contribution in [1.82, 2.24) is 4.98 Å². The molecule has 0 saturated heterocycles. The summed E-state index contributed by atoms with van der Waals surface area (Å²) in [6, 6.07) is 5.75. The summed E-state index contributed by atoms with van der Waals surface area (Å²) >= 11 is 0. The molecule has 0 saturated carbocycles. The highest BCUT2D eigenvalue weighted by molar-refractivity contribution is 5.52. The van der Waals surface area contributed by atoms with Crippen molar-refractivity contribution in [2.75, 3.05) is 5.32 Å². The molecule has 0 fully saturated rings. The summed E-state index contributed by atoms with van der Waals surface area (Å²) in [5, 5.41) is 12.4. The lowest BCUT2D eigenvalue weighted by Crippen LogP contribution is -2.36. The first-order chi connectivity index (χ1) is 7.71. The first kappa shape index (κ1) is 12.5. The van der Waals surface area contributed by atoms with Gasteiger partial charge in [-0.3, -0.25) is 0 Å². The molecule has 16 heavy (non-hydrogen) atoms. The van der Waals surface area contributed by atoms with Crippen molar-refractivity contribution in [1.29, 1.82) is 5.26 Å². The fraction of sp³-hybridized carbons (Fsp3) is 0.538. The van der Waals surface area contributed by atoms with Gasteiger partial charge in [0.1, 0.15) is 11.9 Å². The summed E-state index contributed by atoms with van der Waals surface area (Å²) < 4.78 is 0. The number of pyridine rings is 1. The summed E-state index contributed by atoms with van der Waals surface area (Å²) in [4.78, 5) is 4.24. The zero-order valence-corrected chi connectivity index (χ0v) is 10.2. The van der Waals surface area contributed by atoms with Crippen LogP contribution in [-0.2, 0) is 0 Å². The van der Waals surface area contributed by atoms with Gasteiger partial charge in [0, 0.05) is 11.7 Å². The number of nitrogens with one attached hydrogen (secondary N) is 1. The highest BCUT2D eigenvalue weighted by atomic mass is 15.1. The van der Waals surface area contributed by atoms with Crippen molar-refractivity contribution in [3.63, 3.8) is 0 Å². The molecule has 0 atom stereocenters. The van der Waals surface area contributed by atoms with Crippen LogP contribution < -0.4 is 5.32 Å². The van der Waals surface area contributed by atoms with Crippen LogP contribution in [0.2, 0.25) is 0 Å². The van der Waals surface area contributed by atoms with Crippen LogP contribution in [0.3, 0.4) is 0 Å². The van der Waals surface area contributed by atoms with E-state index in [1.54, 1.807) is 18.3 Å². The highest BCUT2D eigenvalue weighted by Gasteiger charge is 2.24. The van der Waals surface area contributed by atoms with Gasteiger partial charge in [-0.25, -0.2) is 4.98 Å². The van der Waals surface area contributed by atoms with Gasteiger partial charge in [-0.15, -0.1) is 0 Å². The van der Waals surface area contributed by atoms with Gasteiger partial charge < -0.3 is 5.32 Å². The van der Waals surface area contributed by atoms with E-state index in [0.29, 0.717) is 11.4 Å². The molecule has 0 aliphatic rings. The van der Waals surface area contributed by atoms with Crippen LogP contribution in [0.5, 0.6) is 0 Å². The maximum atomic E-state index is 9.00. The molecular formula is C13H19N3. The average molecular weight is 217 g/mol. The quantitative estimate of drug-likeness (QED) is 0.823. The van der Waals surface area contributed by atoms with Crippen LogP contribution in [0.4, 0.5) is 5.82 Å². The van der Waals surface area contributed by atoms with E-state index in [-0.39, 0.29) is 5.54 Å². The molecule has 1 aromatic heterocycles. The Hall–Kier alpha value is -1.56. The Kier molecular flexibility index (Phi) is 4.30. The third-order valence-electron chi connectivity index (χ3n) is 3.34. The van der Waals surface area contributed by atoms with Gasteiger partial charge in [0.2, 0.25) is 0 Å². The minimum atomic E-state index is 0.0555. The van der Waals surface area contributed by atoms with Crippen LogP contribution in [0.15, 0.2) is 18.3 Å². The van der Waals surface area contributed by atoms with E-state index in [1.165, 1.54) is 0 Å². The van der Waals surface area contributed by atoms with Crippen LogP contribution in [0.1, 0.15) is 45.6 Å². The summed E-state index contributed by atoms with van der Waals surface area (Å²) in [6.45, 7) is 6.49. The second-order valence-electron chi connectivity index (χ2n) is 3.98. The summed E-state index contributed by atoms with van der Waals surface area (Å²) in [7, 11) is 0. The van der Waals surface area contributed by atoms with E-state index in [4.69, 9.17) is 5.26 Å². The molecule has 1 N–H and O–H groups in total. The number of nitrogens with zero attached hydrogens (tertiary/aromatic N) is 2. The summed E-state index contributed by atoms with van der Waals surface area (Å²) in [5.41, 5.74) is 0.669. The second kappa shape index (κ2) is 5.50. The minimum absolute atomic E-state index is 0.0555. The summed E-state index contributed by atoms with van der Waals surface area (Å²) in [5.74, 6) is 0.704. The van der Waals surface area contributed by atoms with Crippen molar-refractivity contribution < 1.29 is 0 Å². The molecule has 0 amide bonds. The van der Waals surface area contributed by atoms with Gasteiger partial charge in [-0.05, 0) is 31.4 Å². The molecule has 1 rings (SSSR count). The SMILES string of the molecule is CCC(CC)(CC)Nc1ncccc1C#N. The summed E-state index contributed by atoms with van der Waals surface area (Å²) in [6.07, 6.45) is 4.80. The second-order valence-corrected chi connectivity index (χ2v) is 3.98. The molecule has 0 spiro atoms. The molecule has 0 aliphatic heterocycles. The monoisotopic (exact) mass is 217 g/mol. The molecule has 3 heteroatoms.